The van der Waals surface area contributed by atoms with Crippen LogP contribution >= 0.6 is 15.9 Å². The van der Waals surface area contributed by atoms with Crippen molar-refractivity contribution >= 4 is 38.6 Å². The number of hydrogen-bond acceptors (Lipinski definition) is 6. The van der Waals surface area contributed by atoms with E-state index in [0.717, 1.165) is 12.3 Å². The van der Waals surface area contributed by atoms with Crippen molar-refractivity contribution in [2.24, 2.45) is 0 Å². The number of rotatable bonds is 5. The van der Waals surface area contributed by atoms with Crippen LogP contribution in [0, 0.1) is 0 Å². The van der Waals surface area contributed by atoms with Crippen LogP contribution in [0.4, 0.5) is 19.0 Å². The minimum absolute atomic E-state index is 0.0308. The van der Waals surface area contributed by atoms with Gasteiger partial charge < -0.3 is 10.6 Å². The molecule has 0 saturated carbocycles. The molecule has 0 spiro atoms. The van der Waals surface area contributed by atoms with Crippen molar-refractivity contribution in [3.05, 3.63) is 88.2 Å². The lowest BCUT2D eigenvalue weighted by Gasteiger charge is -2.22. The van der Waals surface area contributed by atoms with Gasteiger partial charge >= 0.3 is 6.18 Å². The Morgan fingerprint density at radius 1 is 1.03 bits per heavy atom. The summed E-state index contributed by atoms with van der Waals surface area (Å²) in [5.74, 6) is 0.354. The van der Waals surface area contributed by atoms with Crippen LogP contribution in [0.15, 0.2) is 65.5 Å². The highest BCUT2D eigenvalue weighted by molar-refractivity contribution is 9.10. The monoisotopic (exact) mass is 546 g/mol. The van der Waals surface area contributed by atoms with Gasteiger partial charge in [-0.3, -0.25) is 9.78 Å². The van der Waals surface area contributed by atoms with E-state index in [1.807, 2.05) is 13.8 Å². The molecular formula is C24H22BrF3N6O. The largest absolute Gasteiger partial charge is 0.417 e. The summed E-state index contributed by atoms with van der Waals surface area (Å²) in [6, 6.07) is 10.6. The second-order valence-corrected chi connectivity index (χ2v) is 7.98. The predicted molar refractivity (Wildman–Crippen MR) is 130 cm³/mol. The SMILES string of the molecule is CC.Nc1nc2ccc(C(=O)N(Cc3ccc(C(F)(F)F)cn3)Cc3ncccn3)cc2cc1Br. The van der Waals surface area contributed by atoms with E-state index in [1.165, 1.54) is 11.0 Å². The number of nitrogen functional groups attached to an aromatic ring is 1. The number of pyridine rings is 2. The molecule has 0 atom stereocenters. The van der Waals surface area contributed by atoms with E-state index in [2.05, 4.69) is 35.9 Å². The van der Waals surface area contributed by atoms with Crippen LogP contribution in [0.5, 0.6) is 0 Å². The zero-order valence-corrected chi connectivity index (χ0v) is 20.5. The Morgan fingerprint density at radius 2 is 1.74 bits per heavy atom. The number of amides is 1. The van der Waals surface area contributed by atoms with E-state index in [1.54, 1.807) is 42.7 Å². The molecular weight excluding hydrogens is 525 g/mol. The minimum Gasteiger partial charge on any atom is -0.383 e. The normalized spacial score (nSPS) is 11.0. The Morgan fingerprint density at radius 3 is 2.37 bits per heavy atom. The molecule has 3 aromatic heterocycles. The molecule has 0 aliphatic carbocycles. The molecule has 0 aliphatic rings. The molecule has 1 amide bonds. The fraction of sp³-hybridized carbons (Fsp3) is 0.208. The van der Waals surface area contributed by atoms with E-state index in [4.69, 9.17) is 5.73 Å². The quantitative estimate of drug-likeness (QED) is 0.347. The maximum atomic E-state index is 13.4. The molecule has 1 aromatic carbocycles. The smallest absolute Gasteiger partial charge is 0.383 e. The molecule has 3 heterocycles. The van der Waals surface area contributed by atoms with Crippen LogP contribution in [0.1, 0.15) is 41.3 Å². The van der Waals surface area contributed by atoms with E-state index in [9.17, 15) is 18.0 Å². The first-order chi connectivity index (χ1) is 16.7. The standard InChI is InChI=1S/C22H16BrF3N6O.C2H6/c23-17-9-14-8-13(2-5-18(14)31-20(17)27)21(33)32(12-19-28-6-1-7-29-19)11-16-4-3-15(10-30-16)22(24,25)26;1-2/h1-10H,11-12H2,(H2,27,31);1-2H3. The van der Waals surface area contributed by atoms with Crippen LogP contribution in [0.25, 0.3) is 10.9 Å². The first-order valence-corrected chi connectivity index (χ1v) is 11.4. The number of hydrogen-bond donors (Lipinski definition) is 1. The van der Waals surface area contributed by atoms with Gasteiger partial charge in [0.15, 0.2) is 0 Å². The van der Waals surface area contributed by atoms with Gasteiger partial charge in [-0.2, -0.15) is 13.2 Å². The van der Waals surface area contributed by atoms with Crippen LogP contribution < -0.4 is 5.73 Å². The molecule has 35 heavy (non-hydrogen) atoms. The number of aromatic nitrogens is 4. The third-order valence-electron chi connectivity index (χ3n) is 4.79. The van der Waals surface area contributed by atoms with Gasteiger partial charge in [-0.25, -0.2) is 15.0 Å². The lowest BCUT2D eigenvalue weighted by atomic mass is 10.1. The number of alkyl halides is 3. The van der Waals surface area contributed by atoms with Crippen LogP contribution in [0.3, 0.4) is 0 Å². The number of nitrogens with zero attached hydrogens (tertiary/aromatic N) is 5. The summed E-state index contributed by atoms with van der Waals surface area (Å²) >= 11 is 3.33. The van der Waals surface area contributed by atoms with Crippen molar-refractivity contribution in [2.75, 3.05) is 5.73 Å². The molecule has 7 nitrogen and oxygen atoms in total. The van der Waals surface area contributed by atoms with Gasteiger partial charge in [0.25, 0.3) is 5.91 Å². The molecule has 182 valence electrons. The van der Waals surface area contributed by atoms with Gasteiger partial charge in [-0.1, -0.05) is 13.8 Å². The van der Waals surface area contributed by atoms with Crippen molar-refractivity contribution in [3.8, 4) is 0 Å². The fourth-order valence-electron chi connectivity index (χ4n) is 3.14. The van der Waals surface area contributed by atoms with Gasteiger partial charge in [0.1, 0.15) is 11.6 Å². The first kappa shape index (κ1) is 26.0. The average Bonchev–Trinajstić information content (AvgIpc) is 2.85. The summed E-state index contributed by atoms with van der Waals surface area (Å²) in [6.07, 6.45) is -0.647. The summed E-state index contributed by atoms with van der Waals surface area (Å²) in [5.41, 5.74) is 6.24. The molecule has 0 radical (unpaired) electrons. The van der Waals surface area contributed by atoms with E-state index in [0.29, 0.717) is 38.3 Å². The Hall–Kier alpha value is -3.60. The Kier molecular flexibility index (Phi) is 8.34. The van der Waals surface area contributed by atoms with Crippen molar-refractivity contribution in [1.82, 2.24) is 24.8 Å². The summed E-state index contributed by atoms with van der Waals surface area (Å²) in [7, 11) is 0. The highest BCUT2D eigenvalue weighted by atomic mass is 79.9. The van der Waals surface area contributed by atoms with Gasteiger partial charge in [0, 0.05) is 29.5 Å². The van der Waals surface area contributed by atoms with Crippen molar-refractivity contribution in [2.45, 2.75) is 33.1 Å². The lowest BCUT2D eigenvalue weighted by molar-refractivity contribution is -0.137. The summed E-state index contributed by atoms with van der Waals surface area (Å²) in [5, 5.41) is 0.700. The zero-order chi connectivity index (χ0) is 25.6. The first-order valence-electron chi connectivity index (χ1n) is 10.6. The Balaban J connectivity index is 0.00000167. The molecule has 0 fully saturated rings. The molecule has 0 bridgehead atoms. The van der Waals surface area contributed by atoms with Crippen LogP contribution in [-0.4, -0.2) is 30.7 Å². The molecule has 0 aliphatic heterocycles. The van der Waals surface area contributed by atoms with E-state index < -0.39 is 11.7 Å². The molecule has 11 heteroatoms. The maximum absolute atomic E-state index is 13.4. The fourth-order valence-corrected chi connectivity index (χ4v) is 3.48. The van der Waals surface area contributed by atoms with Crippen molar-refractivity contribution in [3.63, 3.8) is 0 Å². The van der Waals surface area contributed by atoms with Crippen LogP contribution in [0.2, 0.25) is 0 Å². The second kappa shape index (κ2) is 11.2. The highest BCUT2D eigenvalue weighted by Crippen LogP contribution is 2.29. The number of halogens is 4. The predicted octanol–water partition coefficient (Wildman–Crippen LogP) is 5.65. The average molecular weight is 547 g/mol. The van der Waals surface area contributed by atoms with E-state index in [-0.39, 0.29) is 19.0 Å². The second-order valence-electron chi connectivity index (χ2n) is 7.13. The molecule has 4 aromatic rings. The number of fused-ring (bicyclic) bond motifs is 1. The van der Waals surface area contributed by atoms with Gasteiger partial charge in [0.2, 0.25) is 0 Å². The molecule has 4 rings (SSSR count). The number of nitrogens with two attached hydrogens (primary N) is 1. The zero-order valence-electron chi connectivity index (χ0n) is 18.9. The highest BCUT2D eigenvalue weighted by Gasteiger charge is 2.30. The number of anilines is 1. The third kappa shape index (κ3) is 6.50. The topological polar surface area (TPSA) is 97.9 Å². The summed E-state index contributed by atoms with van der Waals surface area (Å²) in [4.78, 5) is 31.3. The summed E-state index contributed by atoms with van der Waals surface area (Å²) < 4.78 is 39.2. The summed E-state index contributed by atoms with van der Waals surface area (Å²) in [6.45, 7) is 4.01. The molecule has 0 unspecified atom stereocenters. The Labute approximate surface area is 208 Å². The number of carbonyl (C=O) groups excluding carboxylic acids is 1. The lowest BCUT2D eigenvalue weighted by Crippen LogP contribution is -2.31. The molecule has 2 N–H and O–H groups in total. The van der Waals surface area contributed by atoms with E-state index >= 15 is 0 Å². The van der Waals surface area contributed by atoms with Gasteiger partial charge in [0.05, 0.1) is 34.3 Å². The molecule has 0 saturated heterocycles. The van der Waals surface area contributed by atoms with Crippen LogP contribution in [-0.2, 0) is 19.3 Å². The minimum atomic E-state index is -4.49. The van der Waals surface area contributed by atoms with Gasteiger partial charge in [-0.15, -0.1) is 0 Å². The van der Waals surface area contributed by atoms with Crippen molar-refractivity contribution < 1.29 is 18.0 Å². The Bertz CT molecular complexity index is 1300. The third-order valence-corrected chi connectivity index (χ3v) is 5.42. The van der Waals surface area contributed by atoms with Crippen molar-refractivity contribution in [1.29, 1.82) is 0 Å². The maximum Gasteiger partial charge on any atom is 0.417 e. The van der Waals surface area contributed by atoms with Gasteiger partial charge in [-0.05, 0) is 58.4 Å². The number of carbonyl (C=O) groups is 1. The number of benzene rings is 1.